The summed E-state index contributed by atoms with van der Waals surface area (Å²) in [5.41, 5.74) is 0.750. The van der Waals surface area contributed by atoms with Gasteiger partial charge in [-0.1, -0.05) is 18.6 Å². The van der Waals surface area contributed by atoms with Gasteiger partial charge >= 0.3 is 5.97 Å². The van der Waals surface area contributed by atoms with Crippen LogP contribution in [0.25, 0.3) is 0 Å². The first-order valence-corrected chi connectivity index (χ1v) is 32.3. The Balaban J connectivity index is 0.598. The van der Waals surface area contributed by atoms with Crippen LogP contribution in [0.2, 0.25) is 0 Å². The fourth-order valence-corrected chi connectivity index (χ4v) is 17.9. The minimum absolute atomic E-state index is 0.0117. The van der Waals surface area contributed by atoms with Crippen LogP contribution in [0.3, 0.4) is 0 Å². The number of fused-ring (bicyclic) bond motifs is 3. The van der Waals surface area contributed by atoms with Gasteiger partial charge in [0.25, 0.3) is 0 Å². The van der Waals surface area contributed by atoms with Crippen molar-refractivity contribution in [3.8, 4) is 0 Å². The Kier molecular flexibility index (Phi) is 19.7. The van der Waals surface area contributed by atoms with Gasteiger partial charge < -0.3 is 121 Å². The van der Waals surface area contributed by atoms with Crippen LogP contribution in [-0.4, -0.2) is 255 Å². The first-order valence-electron chi connectivity index (χ1n) is 32.3. The third kappa shape index (κ3) is 11.9. The molecule has 3 aliphatic carbocycles. The van der Waals surface area contributed by atoms with Gasteiger partial charge in [-0.15, -0.1) is 0 Å². The highest BCUT2D eigenvalue weighted by atomic mass is 16.8. The van der Waals surface area contributed by atoms with E-state index in [9.17, 15) is 35.4 Å². The normalized spacial score (nSPS) is 54.3. The molecule has 2 bridgehead atoms. The number of ether oxygens (including phenoxy) is 19. The van der Waals surface area contributed by atoms with Crippen LogP contribution in [0.1, 0.15) is 126 Å². The summed E-state index contributed by atoms with van der Waals surface area (Å²) < 4.78 is 120. The van der Waals surface area contributed by atoms with E-state index in [1.807, 2.05) is 13.8 Å². The van der Waals surface area contributed by atoms with E-state index in [0.29, 0.717) is 32.5 Å². The number of hydrogen-bond acceptors (Lipinski definition) is 26. The maximum absolute atomic E-state index is 12.5. The number of allylic oxidation sites excluding steroid dienone is 1. The summed E-state index contributed by atoms with van der Waals surface area (Å²) in [6.45, 7) is 15.2. The molecular formula is C62H98O26. The Bertz CT molecular complexity index is 2400. The van der Waals surface area contributed by atoms with E-state index in [1.54, 1.807) is 35.0 Å². The summed E-state index contributed by atoms with van der Waals surface area (Å²) in [6.07, 6.45) is -13.1. The van der Waals surface area contributed by atoms with Gasteiger partial charge in [0.2, 0.25) is 0 Å². The smallest absolute Gasteiger partial charge is 0.302 e. The summed E-state index contributed by atoms with van der Waals surface area (Å²) in [6, 6.07) is 0. The maximum atomic E-state index is 12.5. The Morgan fingerprint density at radius 3 is 1.60 bits per heavy atom. The van der Waals surface area contributed by atoms with E-state index >= 15 is 0 Å². The molecule has 0 spiro atoms. The first-order chi connectivity index (χ1) is 41.9. The number of hydrogen-bond donors (Lipinski definition) is 6. The van der Waals surface area contributed by atoms with Gasteiger partial charge in [0.15, 0.2) is 49.3 Å². The molecule has 9 heterocycles. The molecule has 6 N–H and O–H groups in total. The molecule has 9 saturated heterocycles. The van der Waals surface area contributed by atoms with Crippen molar-refractivity contribution in [2.45, 2.75) is 304 Å². The monoisotopic (exact) mass is 1260 g/mol. The lowest BCUT2D eigenvalue weighted by molar-refractivity contribution is -0.359. The number of methoxy groups -OCH3 is 3. The molecule has 0 aromatic carbocycles. The molecule has 9 aliphatic heterocycles. The predicted molar refractivity (Wildman–Crippen MR) is 299 cm³/mol. The molecule has 34 atom stereocenters. The summed E-state index contributed by atoms with van der Waals surface area (Å²) in [7, 11) is 4.75. The van der Waals surface area contributed by atoms with E-state index < -0.39 is 166 Å². The minimum Gasteiger partial charge on any atom is -0.465 e. The second-order valence-electron chi connectivity index (χ2n) is 27.5. The third-order valence-corrected chi connectivity index (χ3v) is 22.2. The van der Waals surface area contributed by atoms with Gasteiger partial charge in [0.1, 0.15) is 61.5 Å². The summed E-state index contributed by atoms with van der Waals surface area (Å²) in [5, 5.41) is 63.8. The van der Waals surface area contributed by atoms with Crippen LogP contribution in [0.15, 0.2) is 11.6 Å². The van der Waals surface area contributed by atoms with E-state index in [4.69, 9.17) is 90.0 Å². The third-order valence-electron chi connectivity index (χ3n) is 22.2. The average Bonchev–Trinajstić information content (AvgIpc) is 1.47. The SMILES string of the molecule is CO[C@@H]1C[C@H](O[C@@H]2C(C)O[C@@H](O[C@H]3CC[C@@]4(COC(C)=O)C(=CC[C@@H]5[C@@H]4CC[C@]4(C)[C@@H]6[C@H]7CO[C@]6(C)O[C@@]54O7)C3)C[C@H]2OC)OC(C)[C@H]1O[C@H]1C[C@@H](O)[C@H](O[C@H]2C[C@@H](O)[C@H](O[C@H]3C[C@@H](OC)[C@H](O[C@@H]4OC(CO)[C@@H](O)[C@H](O)C4O)C(C)O3)C(C)O2)C(C)O1. The quantitative estimate of drug-likeness (QED) is 0.0846. The van der Waals surface area contributed by atoms with Gasteiger partial charge in [-0.2, -0.15) is 0 Å². The fourth-order valence-electron chi connectivity index (χ4n) is 17.9. The molecule has 0 radical (unpaired) electrons. The van der Waals surface area contributed by atoms with Gasteiger partial charge in [0.05, 0.1) is 92.4 Å². The standard InChI is InChI=1S/C62H98O26/c1-27-52(82-44-19-37(65)53(28(2)75-44)83-47-23-41(72-11)56(31(5)79-47)86-58-51(69)50(68)49(67)42(24-63)81-58)38(66)20-45(76-27)84-54-30(4)78-48(22-40(54)71-10)85-55-29(3)77-46(21-39(55)70-9)80-34-14-17-61(26-73-32(6)64)33(18-34)12-13-36-35(61)15-16-59(7)57-43-25-74-60(57,8)88-62(36,59)87-43/h12,27-31,34-58,63,65-69H,13-26H2,1-11H3/t27?,28?,29?,30?,31?,34-,35-,36+,37+,38+,39+,40+,41+,42?,43+,44-,45-,46-,47-,48-,49+,50-,51?,52+,53+,54+,55+,56+,57-,58-,59+,60+,61+,62-/m0/s1. The molecule has 0 amide bonds. The molecule has 88 heavy (non-hydrogen) atoms. The minimum atomic E-state index is -1.62. The van der Waals surface area contributed by atoms with Gasteiger partial charge in [0, 0.05) is 77.1 Å². The molecular weight excluding hydrogens is 1160 g/mol. The van der Waals surface area contributed by atoms with Crippen molar-refractivity contribution in [2.75, 3.05) is 41.2 Å². The van der Waals surface area contributed by atoms with Gasteiger partial charge in [-0.25, -0.2) is 0 Å². The number of aliphatic hydroxyl groups excluding tert-OH is 6. The largest absolute Gasteiger partial charge is 0.465 e. The fraction of sp³-hybridized carbons (Fsp3) is 0.952. The summed E-state index contributed by atoms with van der Waals surface area (Å²) in [5.74, 6) is -1.21. The number of carbonyl (C=O) groups is 1. The highest BCUT2D eigenvalue weighted by molar-refractivity contribution is 5.66. The van der Waals surface area contributed by atoms with Crippen LogP contribution >= 0.6 is 0 Å². The Labute approximate surface area is 514 Å². The van der Waals surface area contributed by atoms with Crippen LogP contribution in [0.5, 0.6) is 0 Å². The molecule has 12 rings (SSSR count). The van der Waals surface area contributed by atoms with Crippen molar-refractivity contribution in [3.05, 3.63) is 11.6 Å². The average molecular weight is 1260 g/mol. The lowest BCUT2D eigenvalue weighted by Gasteiger charge is -2.60. The highest BCUT2D eigenvalue weighted by Crippen LogP contribution is 2.76. The Morgan fingerprint density at radius 2 is 1.10 bits per heavy atom. The molecule has 0 aromatic heterocycles. The Hall–Kier alpha value is -1.75. The van der Waals surface area contributed by atoms with E-state index in [2.05, 4.69) is 19.9 Å². The first kappa shape index (κ1) is 66.3. The zero-order valence-electron chi connectivity index (χ0n) is 52.6. The molecule has 11 fully saturated rings. The zero-order chi connectivity index (χ0) is 62.5. The second-order valence-corrected chi connectivity index (χ2v) is 27.5. The molecule has 0 aromatic rings. The molecule has 26 nitrogen and oxygen atoms in total. The number of rotatable bonds is 18. The van der Waals surface area contributed by atoms with Crippen molar-refractivity contribution in [2.24, 2.45) is 28.6 Å². The van der Waals surface area contributed by atoms with Crippen molar-refractivity contribution in [1.29, 1.82) is 0 Å². The summed E-state index contributed by atoms with van der Waals surface area (Å²) in [4.78, 5) is 12.5. The Morgan fingerprint density at radius 1 is 0.602 bits per heavy atom. The predicted octanol–water partition coefficient (Wildman–Crippen LogP) is 2.12. The van der Waals surface area contributed by atoms with Crippen molar-refractivity contribution in [3.63, 3.8) is 0 Å². The molecule has 502 valence electrons. The van der Waals surface area contributed by atoms with E-state index in [0.717, 1.165) is 32.1 Å². The lowest BCUT2D eigenvalue weighted by Crippen LogP contribution is -2.62. The van der Waals surface area contributed by atoms with Crippen LogP contribution in [0.4, 0.5) is 0 Å². The van der Waals surface area contributed by atoms with Crippen molar-refractivity contribution < 1.29 is 125 Å². The number of aliphatic hydroxyl groups is 6. The zero-order valence-corrected chi connectivity index (χ0v) is 52.6. The summed E-state index contributed by atoms with van der Waals surface area (Å²) >= 11 is 0. The molecule has 12 aliphatic rings. The van der Waals surface area contributed by atoms with Crippen molar-refractivity contribution in [1.82, 2.24) is 0 Å². The van der Waals surface area contributed by atoms with Crippen LogP contribution in [-0.2, 0) is 94.8 Å². The van der Waals surface area contributed by atoms with Crippen LogP contribution in [0, 0.1) is 28.6 Å². The van der Waals surface area contributed by atoms with Crippen LogP contribution < -0.4 is 0 Å². The molecule has 7 unspecified atom stereocenters. The highest BCUT2D eigenvalue weighted by Gasteiger charge is 2.83. The molecule has 2 saturated carbocycles. The number of carbonyl (C=O) groups excluding carboxylic acids is 1. The lowest BCUT2D eigenvalue weighted by atomic mass is 9.47. The second kappa shape index (κ2) is 26.1. The van der Waals surface area contributed by atoms with Gasteiger partial charge in [-0.3, -0.25) is 4.79 Å². The van der Waals surface area contributed by atoms with Gasteiger partial charge in [-0.05, 0) is 86.0 Å². The van der Waals surface area contributed by atoms with Crippen molar-refractivity contribution >= 4 is 5.97 Å². The maximum Gasteiger partial charge on any atom is 0.302 e. The van der Waals surface area contributed by atoms with E-state index in [1.165, 1.54) is 19.6 Å². The number of esters is 1. The topological polar surface area (TPSA) is 314 Å². The molecule has 26 heteroatoms. The van der Waals surface area contributed by atoms with E-state index in [-0.39, 0.29) is 72.1 Å².